The first kappa shape index (κ1) is 12.6. The first-order valence-electron chi connectivity index (χ1n) is 7.00. The molecule has 0 bridgehead atoms. The monoisotopic (exact) mass is 232 g/mol. The highest BCUT2D eigenvalue weighted by Gasteiger charge is 2.19. The quantitative estimate of drug-likeness (QED) is 0.843. The van der Waals surface area contributed by atoms with Gasteiger partial charge < -0.3 is 5.32 Å². The Balaban J connectivity index is 1.68. The standard InChI is InChI=1S/C15H24N2/c1-2-13-5-3-7-15(11-13)17-10-8-14-6-4-9-16-12-14/h4,6,9,12-13,15,17H,2-3,5,7-8,10-11H2,1H3. The number of nitrogens with one attached hydrogen (secondary N) is 1. The van der Waals surface area contributed by atoms with Gasteiger partial charge in [-0.25, -0.2) is 0 Å². The van der Waals surface area contributed by atoms with E-state index in [0.29, 0.717) is 0 Å². The molecule has 94 valence electrons. The molecule has 17 heavy (non-hydrogen) atoms. The highest BCUT2D eigenvalue weighted by atomic mass is 14.9. The highest BCUT2D eigenvalue weighted by molar-refractivity contribution is 5.08. The van der Waals surface area contributed by atoms with Crippen LogP contribution < -0.4 is 5.32 Å². The molecule has 1 aromatic rings. The molecule has 1 heterocycles. The molecule has 0 aliphatic heterocycles. The van der Waals surface area contributed by atoms with Crippen molar-refractivity contribution in [3.05, 3.63) is 30.1 Å². The van der Waals surface area contributed by atoms with Gasteiger partial charge in [-0.05, 0) is 43.4 Å². The van der Waals surface area contributed by atoms with Crippen LogP contribution in [0.25, 0.3) is 0 Å². The second-order valence-corrected chi connectivity index (χ2v) is 5.20. The fourth-order valence-corrected chi connectivity index (χ4v) is 2.81. The minimum atomic E-state index is 0.755. The van der Waals surface area contributed by atoms with Gasteiger partial charge in [0, 0.05) is 18.4 Å². The van der Waals surface area contributed by atoms with Gasteiger partial charge in [0.1, 0.15) is 0 Å². The molecule has 0 spiro atoms. The van der Waals surface area contributed by atoms with E-state index in [1.165, 1.54) is 37.7 Å². The van der Waals surface area contributed by atoms with E-state index in [-0.39, 0.29) is 0 Å². The van der Waals surface area contributed by atoms with Crippen LogP contribution in [0.15, 0.2) is 24.5 Å². The van der Waals surface area contributed by atoms with Crippen LogP contribution in [-0.2, 0) is 6.42 Å². The van der Waals surface area contributed by atoms with Crippen molar-refractivity contribution in [1.82, 2.24) is 10.3 Å². The lowest BCUT2D eigenvalue weighted by atomic mass is 9.84. The van der Waals surface area contributed by atoms with Crippen molar-refractivity contribution >= 4 is 0 Å². The van der Waals surface area contributed by atoms with E-state index in [1.54, 1.807) is 0 Å². The molecule has 1 aromatic heterocycles. The lowest BCUT2D eigenvalue weighted by Gasteiger charge is -2.29. The molecule has 1 N–H and O–H groups in total. The summed E-state index contributed by atoms with van der Waals surface area (Å²) < 4.78 is 0. The summed E-state index contributed by atoms with van der Waals surface area (Å²) >= 11 is 0. The fraction of sp³-hybridized carbons (Fsp3) is 0.667. The maximum absolute atomic E-state index is 4.15. The highest BCUT2D eigenvalue weighted by Crippen LogP contribution is 2.26. The Morgan fingerprint density at radius 3 is 3.12 bits per heavy atom. The lowest BCUT2D eigenvalue weighted by Crippen LogP contribution is -2.35. The average molecular weight is 232 g/mol. The van der Waals surface area contributed by atoms with Gasteiger partial charge in [-0.2, -0.15) is 0 Å². The molecule has 2 rings (SSSR count). The van der Waals surface area contributed by atoms with Gasteiger partial charge in [-0.3, -0.25) is 4.98 Å². The molecule has 0 amide bonds. The van der Waals surface area contributed by atoms with Crippen LogP contribution in [-0.4, -0.2) is 17.6 Å². The Morgan fingerprint density at radius 2 is 2.35 bits per heavy atom. The molecule has 0 saturated heterocycles. The van der Waals surface area contributed by atoms with Crippen LogP contribution in [0.2, 0.25) is 0 Å². The molecule has 1 fully saturated rings. The fourth-order valence-electron chi connectivity index (χ4n) is 2.81. The first-order valence-corrected chi connectivity index (χ1v) is 7.00. The van der Waals surface area contributed by atoms with Crippen molar-refractivity contribution in [2.24, 2.45) is 5.92 Å². The molecule has 1 aliphatic carbocycles. The molecule has 2 unspecified atom stereocenters. The molecule has 2 atom stereocenters. The van der Waals surface area contributed by atoms with Gasteiger partial charge in [0.05, 0.1) is 0 Å². The van der Waals surface area contributed by atoms with Crippen molar-refractivity contribution < 1.29 is 0 Å². The zero-order valence-corrected chi connectivity index (χ0v) is 10.9. The Labute approximate surface area is 105 Å². The Bertz CT molecular complexity index is 310. The molecule has 1 saturated carbocycles. The van der Waals surface area contributed by atoms with E-state index in [4.69, 9.17) is 0 Å². The van der Waals surface area contributed by atoms with Crippen LogP contribution in [0.5, 0.6) is 0 Å². The zero-order valence-electron chi connectivity index (χ0n) is 10.9. The predicted octanol–water partition coefficient (Wildman–Crippen LogP) is 3.18. The molecular weight excluding hydrogens is 208 g/mol. The number of nitrogens with zero attached hydrogens (tertiary/aromatic N) is 1. The normalized spacial score (nSPS) is 24.8. The third-order valence-electron chi connectivity index (χ3n) is 3.93. The molecule has 0 aromatic carbocycles. The maximum Gasteiger partial charge on any atom is 0.0300 e. The van der Waals surface area contributed by atoms with Gasteiger partial charge >= 0.3 is 0 Å². The average Bonchev–Trinajstić information content (AvgIpc) is 2.40. The Hall–Kier alpha value is -0.890. The topological polar surface area (TPSA) is 24.9 Å². The SMILES string of the molecule is CCC1CCCC(NCCc2cccnc2)C1. The summed E-state index contributed by atoms with van der Waals surface area (Å²) in [6.45, 7) is 3.41. The van der Waals surface area contributed by atoms with Crippen molar-refractivity contribution in [3.8, 4) is 0 Å². The second kappa shape index (κ2) is 6.75. The van der Waals surface area contributed by atoms with Gasteiger partial charge in [-0.1, -0.05) is 32.3 Å². The Kier molecular flexibility index (Phi) is 4.99. The summed E-state index contributed by atoms with van der Waals surface area (Å²) in [5.74, 6) is 0.958. The van der Waals surface area contributed by atoms with E-state index >= 15 is 0 Å². The largest absolute Gasteiger partial charge is 0.314 e. The molecule has 2 heteroatoms. The van der Waals surface area contributed by atoms with Crippen LogP contribution in [0.1, 0.15) is 44.6 Å². The van der Waals surface area contributed by atoms with Crippen LogP contribution in [0, 0.1) is 5.92 Å². The number of hydrogen-bond acceptors (Lipinski definition) is 2. The van der Waals surface area contributed by atoms with Crippen molar-refractivity contribution in [3.63, 3.8) is 0 Å². The molecule has 2 nitrogen and oxygen atoms in total. The minimum absolute atomic E-state index is 0.755. The van der Waals surface area contributed by atoms with Gasteiger partial charge in [0.2, 0.25) is 0 Å². The molecule has 1 aliphatic rings. The van der Waals surface area contributed by atoms with Crippen molar-refractivity contribution in [1.29, 1.82) is 0 Å². The number of hydrogen-bond donors (Lipinski definition) is 1. The van der Waals surface area contributed by atoms with Crippen LogP contribution in [0.3, 0.4) is 0 Å². The predicted molar refractivity (Wildman–Crippen MR) is 72.0 cm³/mol. The summed E-state index contributed by atoms with van der Waals surface area (Å²) in [7, 11) is 0. The second-order valence-electron chi connectivity index (χ2n) is 5.20. The summed E-state index contributed by atoms with van der Waals surface area (Å²) in [5, 5.41) is 3.71. The van der Waals surface area contributed by atoms with Crippen molar-refractivity contribution in [2.45, 2.75) is 51.5 Å². The smallest absolute Gasteiger partial charge is 0.0300 e. The summed E-state index contributed by atoms with van der Waals surface area (Å²) in [6, 6.07) is 4.93. The number of rotatable bonds is 5. The molecular formula is C15H24N2. The van der Waals surface area contributed by atoms with Gasteiger partial charge in [0.25, 0.3) is 0 Å². The van der Waals surface area contributed by atoms with Gasteiger partial charge in [-0.15, -0.1) is 0 Å². The zero-order chi connectivity index (χ0) is 11.9. The van der Waals surface area contributed by atoms with Crippen molar-refractivity contribution in [2.75, 3.05) is 6.54 Å². The third kappa shape index (κ3) is 4.12. The van der Waals surface area contributed by atoms with E-state index in [9.17, 15) is 0 Å². The van der Waals surface area contributed by atoms with Crippen LogP contribution >= 0.6 is 0 Å². The summed E-state index contributed by atoms with van der Waals surface area (Å²) in [5.41, 5.74) is 1.34. The van der Waals surface area contributed by atoms with Crippen LogP contribution in [0.4, 0.5) is 0 Å². The van der Waals surface area contributed by atoms with Gasteiger partial charge in [0.15, 0.2) is 0 Å². The maximum atomic E-state index is 4.15. The van der Waals surface area contributed by atoms with E-state index in [1.807, 2.05) is 18.5 Å². The number of aromatic nitrogens is 1. The summed E-state index contributed by atoms with van der Waals surface area (Å²) in [6.07, 6.45) is 11.8. The lowest BCUT2D eigenvalue weighted by molar-refractivity contribution is 0.280. The third-order valence-corrected chi connectivity index (χ3v) is 3.93. The Morgan fingerprint density at radius 1 is 1.41 bits per heavy atom. The summed E-state index contributed by atoms with van der Waals surface area (Å²) in [4.78, 5) is 4.15. The van der Waals surface area contributed by atoms with E-state index in [2.05, 4.69) is 23.3 Å². The van der Waals surface area contributed by atoms with E-state index in [0.717, 1.165) is 24.9 Å². The molecule has 0 radical (unpaired) electrons. The number of pyridine rings is 1. The first-order chi connectivity index (χ1) is 8.38. The minimum Gasteiger partial charge on any atom is -0.314 e. The van der Waals surface area contributed by atoms with E-state index < -0.39 is 0 Å².